The lowest BCUT2D eigenvalue weighted by atomic mass is 10.1. The van der Waals surface area contributed by atoms with Gasteiger partial charge in [-0.25, -0.2) is 8.42 Å². The lowest BCUT2D eigenvalue weighted by Gasteiger charge is -2.34. The van der Waals surface area contributed by atoms with E-state index in [0.29, 0.717) is 43.7 Å². The first kappa shape index (κ1) is 22.6. The Morgan fingerprint density at radius 3 is 2.30 bits per heavy atom. The largest absolute Gasteiger partial charge is 0.333 e. The molecule has 3 aliphatic rings. The molecule has 0 aromatic heterocycles. The van der Waals surface area contributed by atoms with Crippen LogP contribution in [0.1, 0.15) is 48.5 Å². The van der Waals surface area contributed by atoms with Gasteiger partial charge in [0.25, 0.3) is 5.91 Å². The second kappa shape index (κ2) is 9.20. The Kier molecular flexibility index (Phi) is 6.29. The van der Waals surface area contributed by atoms with Gasteiger partial charge in [0.2, 0.25) is 10.0 Å². The maximum absolute atomic E-state index is 13.4. The molecule has 2 aromatic rings. The molecule has 1 aliphatic heterocycles. The third-order valence-electron chi connectivity index (χ3n) is 7.22. The molecule has 33 heavy (non-hydrogen) atoms. The minimum Gasteiger partial charge on any atom is -0.333 e. The van der Waals surface area contributed by atoms with Crippen LogP contribution < -0.4 is 0 Å². The van der Waals surface area contributed by atoms with Crippen LogP contribution in [0.3, 0.4) is 0 Å². The molecule has 1 atom stereocenters. The van der Waals surface area contributed by atoms with Crippen LogP contribution >= 0.6 is 0 Å². The quantitative estimate of drug-likeness (QED) is 0.595. The molecule has 0 spiro atoms. The van der Waals surface area contributed by atoms with Gasteiger partial charge in [-0.15, -0.1) is 0 Å². The van der Waals surface area contributed by atoms with E-state index in [2.05, 4.69) is 24.0 Å². The van der Waals surface area contributed by atoms with Crippen molar-refractivity contribution in [3.8, 4) is 0 Å². The zero-order chi connectivity index (χ0) is 23.0. The van der Waals surface area contributed by atoms with Gasteiger partial charge >= 0.3 is 0 Å². The topological polar surface area (TPSA) is 60.9 Å². The van der Waals surface area contributed by atoms with Gasteiger partial charge in [0.05, 0.1) is 4.90 Å². The van der Waals surface area contributed by atoms with E-state index in [1.165, 1.54) is 18.4 Å². The number of carbonyl (C=O) groups excluding carboxylic acids is 1. The molecule has 1 heterocycles. The van der Waals surface area contributed by atoms with Crippen LogP contribution in [-0.4, -0.2) is 66.7 Å². The Balaban J connectivity index is 1.27. The van der Waals surface area contributed by atoms with Crippen molar-refractivity contribution in [1.82, 2.24) is 14.1 Å². The van der Waals surface area contributed by atoms with Gasteiger partial charge in [-0.1, -0.05) is 36.4 Å². The minimum absolute atomic E-state index is 0.0263. The monoisotopic (exact) mass is 467 g/mol. The Morgan fingerprint density at radius 2 is 1.67 bits per heavy atom. The fourth-order valence-corrected chi connectivity index (χ4v) is 6.37. The van der Waals surface area contributed by atoms with Gasteiger partial charge < -0.3 is 4.90 Å². The van der Waals surface area contributed by atoms with Crippen molar-refractivity contribution < 1.29 is 13.2 Å². The molecule has 6 nitrogen and oxygen atoms in total. The molecular weight excluding hydrogens is 434 g/mol. The maximum atomic E-state index is 13.4. The Hall–Kier alpha value is -2.22. The second-order valence-electron chi connectivity index (χ2n) is 9.72. The molecule has 176 valence electrons. The molecule has 1 saturated heterocycles. The van der Waals surface area contributed by atoms with Crippen molar-refractivity contribution in [3.63, 3.8) is 0 Å². The van der Waals surface area contributed by atoms with Crippen molar-refractivity contribution >= 4 is 15.9 Å². The summed E-state index contributed by atoms with van der Waals surface area (Å²) >= 11 is 0. The van der Waals surface area contributed by atoms with E-state index >= 15 is 0 Å². The van der Waals surface area contributed by atoms with Gasteiger partial charge in [0.15, 0.2) is 0 Å². The lowest BCUT2D eigenvalue weighted by Crippen LogP contribution is -2.48. The summed E-state index contributed by atoms with van der Waals surface area (Å²) in [5.74, 6) is 0.565. The smallest absolute Gasteiger partial charge is 0.254 e. The van der Waals surface area contributed by atoms with E-state index in [1.807, 2.05) is 23.1 Å². The van der Waals surface area contributed by atoms with Crippen molar-refractivity contribution in [2.24, 2.45) is 5.92 Å². The van der Waals surface area contributed by atoms with Gasteiger partial charge in [0, 0.05) is 50.4 Å². The molecular formula is C26H33N3O3S. The number of benzene rings is 2. The van der Waals surface area contributed by atoms with Crippen LogP contribution in [0, 0.1) is 5.92 Å². The van der Waals surface area contributed by atoms with Crippen molar-refractivity contribution in [3.05, 3.63) is 65.7 Å². The van der Waals surface area contributed by atoms with E-state index in [0.717, 1.165) is 19.4 Å². The molecule has 7 heteroatoms. The zero-order valence-electron chi connectivity index (χ0n) is 19.3. The maximum Gasteiger partial charge on any atom is 0.254 e. The third-order valence-corrected chi connectivity index (χ3v) is 9.11. The van der Waals surface area contributed by atoms with Crippen LogP contribution in [0.25, 0.3) is 0 Å². The zero-order valence-corrected chi connectivity index (χ0v) is 20.1. The third kappa shape index (κ3) is 5.00. The summed E-state index contributed by atoms with van der Waals surface area (Å²) in [7, 11) is -3.63. The number of hydrogen-bond acceptors (Lipinski definition) is 4. The van der Waals surface area contributed by atoms with E-state index in [-0.39, 0.29) is 16.8 Å². The first-order valence-corrected chi connectivity index (χ1v) is 13.6. The highest BCUT2D eigenvalue weighted by molar-refractivity contribution is 7.89. The number of nitrogens with zero attached hydrogens (tertiary/aromatic N) is 3. The average molecular weight is 468 g/mol. The first-order valence-electron chi connectivity index (χ1n) is 12.1. The van der Waals surface area contributed by atoms with Crippen LogP contribution in [0.5, 0.6) is 0 Å². The van der Waals surface area contributed by atoms with E-state index < -0.39 is 10.0 Å². The molecule has 2 saturated carbocycles. The Labute approximate surface area is 197 Å². The fourth-order valence-electron chi connectivity index (χ4n) is 4.90. The average Bonchev–Trinajstić information content (AvgIpc) is 3.74. The highest BCUT2D eigenvalue weighted by atomic mass is 32.2. The molecule has 3 fully saturated rings. The molecule has 0 bridgehead atoms. The fraction of sp³-hybridized carbons (Fsp3) is 0.500. The highest BCUT2D eigenvalue weighted by Gasteiger charge is 2.42. The second-order valence-corrected chi connectivity index (χ2v) is 11.7. The van der Waals surface area contributed by atoms with Gasteiger partial charge in [-0.05, 0) is 62.3 Å². The summed E-state index contributed by atoms with van der Waals surface area (Å²) in [5.41, 5.74) is 1.72. The van der Waals surface area contributed by atoms with Crippen LogP contribution in [0.4, 0.5) is 0 Å². The summed E-state index contributed by atoms with van der Waals surface area (Å²) < 4.78 is 28.3. The number of sulfonamides is 1. The number of piperazine rings is 1. The summed E-state index contributed by atoms with van der Waals surface area (Å²) in [6, 6.07) is 17.5. The van der Waals surface area contributed by atoms with E-state index in [9.17, 15) is 13.2 Å². The number of carbonyl (C=O) groups is 1. The number of amides is 1. The Morgan fingerprint density at radius 1 is 0.970 bits per heavy atom. The number of rotatable bonds is 8. The van der Waals surface area contributed by atoms with Gasteiger partial charge in [-0.2, -0.15) is 4.31 Å². The normalized spacial score (nSPS) is 21.0. The van der Waals surface area contributed by atoms with Crippen molar-refractivity contribution in [2.45, 2.75) is 56.1 Å². The molecule has 0 radical (unpaired) electrons. The van der Waals surface area contributed by atoms with Crippen molar-refractivity contribution in [2.75, 3.05) is 26.2 Å². The van der Waals surface area contributed by atoms with Gasteiger partial charge in [-0.3, -0.25) is 9.69 Å². The Bertz CT molecular complexity index is 1090. The predicted octanol–water partition coefficient (Wildman–Crippen LogP) is 3.60. The van der Waals surface area contributed by atoms with Crippen LogP contribution in [-0.2, 0) is 16.6 Å². The minimum atomic E-state index is -3.63. The summed E-state index contributed by atoms with van der Waals surface area (Å²) in [4.78, 5) is 17.9. The summed E-state index contributed by atoms with van der Waals surface area (Å²) in [6.45, 7) is 5.28. The van der Waals surface area contributed by atoms with Crippen molar-refractivity contribution in [1.29, 1.82) is 0 Å². The molecule has 1 unspecified atom stereocenters. The molecule has 5 rings (SSSR count). The van der Waals surface area contributed by atoms with Crippen LogP contribution in [0.15, 0.2) is 59.5 Å². The van der Waals surface area contributed by atoms with Crippen LogP contribution in [0.2, 0.25) is 0 Å². The standard InChI is InChI=1S/C26H33N3O3S/c1-20(22-10-11-22)29(24-12-13-24)26(30)23-8-5-9-25(18-23)33(31,32)28-16-14-27(15-17-28)19-21-6-3-2-4-7-21/h2-9,18,20,22,24H,10-17,19H2,1H3. The lowest BCUT2D eigenvalue weighted by molar-refractivity contribution is 0.0654. The van der Waals surface area contributed by atoms with Gasteiger partial charge in [0.1, 0.15) is 0 Å². The molecule has 0 N–H and O–H groups in total. The number of hydrogen-bond donors (Lipinski definition) is 0. The SMILES string of the molecule is CC(C1CC1)N(C(=O)c1cccc(S(=O)(=O)N2CCN(Cc3ccccc3)CC2)c1)C1CC1. The molecule has 2 aromatic carbocycles. The van der Waals surface area contributed by atoms with E-state index in [1.54, 1.807) is 28.6 Å². The van der Waals surface area contributed by atoms with E-state index in [4.69, 9.17) is 0 Å². The summed E-state index contributed by atoms with van der Waals surface area (Å²) in [6.07, 6.45) is 4.47. The molecule has 1 amide bonds. The highest BCUT2D eigenvalue weighted by Crippen LogP contribution is 2.40. The summed E-state index contributed by atoms with van der Waals surface area (Å²) in [5, 5.41) is 0. The first-order chi connectivity index (χ1) is 15.9. The molecule has 2 aliphatic carbocycles. The predicted molar refractivity (Wildman–Crippen MR) is 128 cm³/mol.